The smallest absolute Gasteiger partial charge is 0.284 e. The first-order chi connectivity index (χ1) is 21.4. The second-order valence-corrected chi connectivity index (χ2v) is 12.0. The molecule has 0 spiro atoms. The van der Waals surface area contributed by atoms with E-state index in [0.29, 0.717) is 36.4 Å². The number of hydrogen-bond donors (Lipinski definition) is 3. The zero-order chi connectivity index (χ0) is 30.9. The number of alkyl halides is 2. The summed E-state index contributed by atoms with van der Waals surface area (Å²) in [5.41, 5.74) is 5.68. The molecule has 0 radical (unpaired) electrons. The molecule has 0 unspecified atom stereocenters. The Hall–Kier alpha value is -3.42. The second kappa shape index (κ2) is 15.5. The molecule has 0 bridgehead atoms. The second-order valence-electron chi connectivity index (χ2n) is 12.0. The molecule has 3 aromatic rings. The van der Waals surface area contributed by atoms with Gasteiger partial charge in [0.05, 0.1) is 11.7 Å². The fourth-order valence-corrected chi connectivity index (χ4v) is 5.63. The number of carbonyl (C=O) groups excluding carboxylic acids is 1. The van der Waals surface area contributed by atoms with Crippen LogP contribution in [-0.4, -0.2) is 77.0 Å². The molecule has 3 heterocycles. The number of halogens is 2. The molecule has 0 saturated heterocycles. The third-order valence-electron chi connectivity index (χ3n) is 8.31. The summed E-state index contributed by atoms with van der Waals surface area (Å²) in [4.78, 5) is 24.0. The summed E-state index contributed by atoms with van der Waals surface area (Å²) in [5, 5.41) is 10.1. The van der Waals surface area contributed by atoms with E-state index in [1.54, 1.807) is 16.9 Å². The Balaban J connectivity index is 1.13. The topological polar surface area (TPSA) is 136 Å². The number of aromatic nitrogens is 4. The van der Waals surface area contributed by atoms with Gasteiger partial charge in [-0.1, -0.05) is 0 Å². The Labute approximate surface area is 256 Å². The van der Waals surface area contributed by atoms with Crippen LogP contribution in [0.1, 0.15) is 80.0 Å². The van der Waals surface area contributed by atoms with Gasteiger partial charge in [-0.3, -0.25) is 9.48 Å². The number of ether oxygens (including phenoxy) is 1. The van der Waals surface area contributed by atoms with Crippen molar-refractivity contribution >= 4 is 17.4 Å². The molecule has 0 aromatic carbocycles. The van der Waals surface area contributed by atoms with Gasteiger partial charge in [0.1, 0.15) is 12.1 Å². The van der Waals surface area contributed by atoms with Crippen molar-refractivity contribution in [3.05, 3.63) is 42.2 Å². The summed E-state index contributed by atoms with van der Waals surface area (Å²) >= 11 is 0. The van der Waals surface area contributed by atoms with Crippen LogP contribution in [0.15, 0.2) is 35.2 Å². The Morgan fingerprint density at radius 3 is 2.70 bits per heavy atom. The predicted octanol–water partition coefficient (Wildman–Crippen LogP) is 5.36. The summed E-state index contributed by atoms with van der Waals surface area (Å²) in [5.74, 6) is 1.54. The molecule has 2 aliphatic carbocycles. The van der Waals surface area contributed by atoms with E-state index in [1.807, 2.05) is 6.07 Å². The van der Waals surface area contributed by atoms with E-state index in [-0.39, 0.29) is 23.3 Å². The van der Waals surface area contributed by atoms with E-state index in [2.05, 4.69) is 37.6 Å². The molecule has 2 aliphatic rings. The van der Waals surface area contributed by atoms with Gasteiger partial charge < -0.3 is 30.4 Å². The first-order valence-electron chi connectivity index (χ1n) is 15.7. The van der Waals surface area contributed by atoms with E-state index in [0.717, 1.165) is 64.8 Å². The molecule has 11 nitrogen and oxygen atoms in total. The molecule has 0 atom stereocenters. The minimum Gasteiger partial charge on any atom is -0.444 e. The average molecular weight is 615 g/mol. The van der Waals surface area contributed by atoms with Gasteiger partial charge in [0.2, 0.25) is 5.89 Å². The molecular formula is C31H44F2N8O3. The quantitative estimate of drug-likeness (QED) is 0.172. The number of anilines is 2. The van der Waals surface area contributed by atoms with Crippen LogP contribution in [0.2, 0.25) is 0 Å². The number of nitrogens with two attached hydrogens (primary N) is 1. The number of pyridine rings is 1. The number of nitrogens with one attached hydrogen (secondary N) is 2. The van der Waals surface area contributed by atoms with Crippen molar-refractivity contribution < 1.29 is 22.7 Å². The fourth-order valence-electron chi connectivity index (χ4n) is 5.63. The van der Waals surface area contributed by atoms with Crippen molar-refractivity contribution in [3.63, 3.8) is 0 Å². The Kier molecular flexibility index (Phi) is 11.3. The lowest BCUT2D eigenvalue weighted by Crippen LogP contribution is -2.30. The minimum absolute atomic E-state index is 0.00344. The number of nitrogens with zero attached hydrogens (tertiary/aromatic N) is 5. The summed E-state index contributed by atoms with van der Waals surface area (Å²) in [6.45, 7) is 4.93. The van der Waals surface area contributed by atoms with Crippen LogP contribution in [0.5, 0.6) is 0 Å². The Bertz CT molecular complexity index is 1340. The van der Waals surface area contributed by atoms with Crippen molar-refractivity contribution in [3.8, 4) is 11.5 Å². The molecule has 44 heavy (non-hydrogen) atoms. The normalized spacial score (nSPS) is 18.7. The van der Waals surface area contributed by atoms with E-state index in [4.69, 9.17) is 14.9 Å². The van der Waals surface area contributed by atoms with Gasteiger partial charge in [0.15, 0.2) is 11.4 Å². The van der Waals surface area contributed by atoms with Crippen LogP contribution >= 0.6 is 0 Å². The van der Waals surface area contributed by atoms with Crippen molar-refractivity contribution in [2.45, 2.75) is 63.8 Å². The monoisotopic (exact) mass is 614 g/mol. The van der Waals surface area contributed by atoms with Crippen LogP contribution in [0.25, 0.3) is 11.5 Å². The third-order valence-corrected chi connectivity index (χ3v) is 8.31. The Morgan fingerprint density at radius 1 is 1.18 bits per heavy atom. The predicted molar refractivity (Wildman–Crippen MR) is 164 cm³/mol. The molecule has 5 rings (SSSR count). The first-order valence-corrected chi connectivity index (χ1v) is 15.7. The van der Waals surface area contributed by atoms with Gasteiger partial charge in [0.25, 0.3) is 12.3 Å². The highest BCUT2D eigenvalue weighted by molar-refractivity contribution is 6.03. The number of amides is 1. The lowest BCUT2D eigenvalue weighted by molar-refractivity contribution is 0.102. The van der Waals surface area contributed by atoms with Gasteiger partial charge in [0, 0.05) is 50.8 Å². The first kappa shape index (κ1) is 32.0. The lowest BCUT2D eigenvalue weighted by Gasteiger charge is -2.31. The maximum absolute atomic E-state index is 13.9. The van der Waals surface area contributed by atoms with Gasteiger partial charge in [-0.25, -0.2) is 18.7 Å². The summed E-state index contributed by atoms with van der Waals surface area (Å²) in [6, 6.07) is 3.55. The molecule has 3 aromatic heterocycles. The van der Waals surface area contributed by atoms with Gasteiger partial charge in [-0.2, -0.15) is 5.10 Å². The van der Waals surface area contributed by atoms with Crippen LogP contribution in [-0.2, 0) is 4.74 Å². The van der Waals surface area contributed by atoms with Crippen LogP contribution in [0, 0.1) is 11.8 Å². The van der Waals surface area contributed by atoms with Crippen LogP contribution in [0.4, 0.5) is 20.3 Å². The van der Waals surface area contributed by atoms with E-state index in [9.17, 15) is 13.6 Å². The molecule has 4 N–H and O–H groups in total. The summed E-state index contributed by atoms with van der Waals surface area (Å²) in [7, 11) is 2.13. The molecule has 13 heteroatoms. The van der Waals surface area contributed by atoms with E-state index in [1.165, 1.54) is 25.3 Å². The fraction of sp³-hybridized carbons (Fsp3) is 0.613. The number of rotatable bonds is 17. The lowest BCUT2D eigenvalue weighted by atomic mass is 9.86. The van der Waals surface area contributed by atoms with Crippen LogP contribution in [0.3, 0.4) is 0 Å². The number of oxazole rings is 1. The SMILES string of the molecule is CN(CCCOCCCN)CC1CCC(n2cc(NC(=O)c3coc(-c4ccnc(NCC5CC5)c4)n3)c(C(F)F)n2)CC1. The van der Waals surface area contributed by atoms with Crippen molar-refractivity contribution in [2.24, 2.45) is 17.6 Å². The number of hydrogen-bond acceptors (Lipinski definition) is 9. The Morgan fingerprint density at radius 2 is 1.95 bits per heavy atom. The highest BCUT2D eigenvalue weighted by Crippen LogP contribution is 2.35. The largest absolute Gasteiger partial charge is 0.444 e. The molecule has 2 saturated carbocycles. The molecule has 2 fully saturated rings. The van der Waals surface area contributed by atoms with Gasteiger partial charge >= 0.3 is 0 Å². The highest BCUT2D eigenvalue weighted by Gasteiger charge is 2.28. The summed E-state index contributed by atoms with van der Waals surface area (Å²) in [6.07, 6.45) is 9.53. The van der Waals surface area contributed by atoms with Crippen molar-refractivity contribution in [2.75, 3.05) is 57.1 Å². The minimum atomic E-state index is -2.83. The molecular weight excluding hydrogens is 570 g/mol. The van der Waals surface area contributed by atoms with Crippen LogP contribution < -0.4 is 16.4 Å². The average Bonchev–Trinajstić information content (AvgIpc) is 3.54. The molecule has 0 aliphatic heterocycles. The van der Waals surface area contributed by atoms with Crippen molar-refractivity contribution in [1.82, 2.24) is 24.6 Å². The maximum atomic E-state index is 13.9. The van der Waals surface area contributed by atoms with E-state index < -0.39 is 18.0 Å². The molecule has 240 valence electrons. The number of carbonyl (C=O) groups is 1. The zero-order valence-electron chi connectivity index (χ0n) is 25.4. The van der Waals surface area contributed by atoms with Crippen molar-refractivity contribution in [1.29, 1.82) is 0 Å². The molecule has 1 amide bonds. The van der Waals surface area contributed by atoms with Gasteiger partial charge in [-0.15, -0.1) is 0 Å². The maximum Gasteiger partial charge on any atom is 0.284 e. The highest BCUT2D eigenvalue weighted by atomic mass is 19.3. The van der Waals surface area contributed by atoms with Gasteiger partial charge in [-0.05, 0) is 88.9 Å². The summed E-state index contributed by atoms with van der Waals surface area (Å²) < 4.78 is 40.6. The zero-order valence-corrected chi connectivity index (χ0v) is 25.4. The van der Waals surface area contributed by atoms with E-state index >= 15 is 0 Å². The standard InChI is InChI=1S/C31H44F2N8O3/c1-40(13-3-15-43-14-2-11-34)18-22-6-8-24(9-7-22)41-19-25(28(39-41)29(32)33)37-30(42)26-20-44-31(38-26)23-10-12-35-27(16-23)36-17-21-4-5-21/h10,12,16,19-22,24,29H,2-9,11,13-15,17-18,34H2,1H3,(H,35,36)(H,37,42). The third kappa shape index (κ3) is 9.05.